The first kappa shape index (κ1) is 16.0. The number of amides is 1. The van der Waals surface area contributed by atoms with E-state index in [1.165, 1.54) is 22.9 Å². The van der Waals surface area contributed by atoms with Crippen LogP contribution in [0.1, 0.15) is 24.0 Å². The summed E-state index contributed by atoms with van der Waals surface area (Å²) >= 11 is 1.46. The van der Waals surface area contributed by atoms with Crippen LogP contribution in [0.15, 0.2) is 35.4 Å². The van der Waals surface area contributed by atoms with E-state index in [4.69, 9.17) is 0 Å². The fourth-order valence-corrected chi connectivity index (χ4v) is 3.36. The van der Waals surface area contributed by atoms with Crippen LogP contribution in [0, 0.1) is 13.8 Å². The molecule has 1 aromatic heterocycles. The summed E-state index contributed by atoms with van der Waals surface area (Å²) in [4.78, 5) is 14.0. The second-order valence-corrected chi connectivity index (χ2v) is 6.93. The van der Waals surface area contributed by atoms with E-state index in [9.17, 15) is 4.79 Å². The second-order valence-electron chi connectivity index (χ2n) is 5.93. The highest BCUT2D eigenvalue weighted by Gasteiger charge is 2.17. The van der Waals surface area contributed by atoms with Crippen molar-refractivity contribution in [1.29, 1.82) is 0 Å². The van der Waals surface area contributed by atoms with Gasteiger partial charge in [0.15, 0.2) is 0 Å². The van der Waals surface area contributed by atoms with Crippen molar-refractivity contribution >= 4 is 17.7 Å². The molecule has 1 aliphatic heterocycles. The van der Waals surface area contributed by atoms with E-state index in [1.807, 2.05) is 17.0 Å². The second kappa shape index (κ2) is 7.13. The van der Waals surface area contributed by atoms with E-state index in [-0.39, 0.29) is 5.91 Å². The molecule has 1 aliphatic rings. The van der Waals surface area contributed by atoms with E-state index in [2.05, 4.69) is 42.2 Å². The molecule has 0 unspecified atom stereocenters. The van der Waals surface area contributed by atoms with Crippen molar-refractivity contribution in [1.82, 2.24) is 15.1 Å². The Morgan fingerprint density at radius 2 is 1.87 bits per heavy atom. The number of aryl methyl sites for hydroxylation is 2. The van der Waals surface area contributed by atoms with Crippen LogP contribution in [0.5, 0.6) is 0 Å². The SMILES string of the molecule is Cc1ccc(-c2ccc(SCC(=O)N3CCCC3)nn2)cc1C. The smallest absolute Gasteiger partial charge is 0.232 e. The zero-order valence-electron chi connectivity index (χ0n) is 13.6. The van der Waals surface area contributed by atoms with Gasteiger partial charge >= 0.3 is 0 Å². The van der Waals surface area contributed by atoms with Crippen molar-refractivity contribution in [2.75, 3.05) is 18.8 Å². The van der Waals surface area contributed by atoms with Gasteiger partial charge in [-0.2, -0.15) is 0 Å². The van der Waals surface area contributed by atoms with Crippen molar-refractivity contribution in [3.05, 3.63) is 41.5 Å². The molecule has 0 spiro atoms. The third-order valence-corrected chi connectivity index (χ3v) is 5.15. The Balaban J connectivity index is 1.62. The lowest BCUT2D eigenvalue weighted by Crippen LogP contribution is -2.29. The molecule has 0 aliphatic carbocycles. The molecule has 2 heterocycles. The number of hydrogen-bond acceptors (Lipinski definition) is 4. The summed E-state index contributed by atoms with van der Waals surface area (Å²) in [6.45, 7) is 6.00. The van der Waals surface area contributed by atoms with Gasteiger partial charge in [0.1, 0.15) is 5.03 Å². The monoisotopic (exact) mass is 327 g/mol. The molecule has 2 aromatic rings. The standard InChI is InChI=1S/C18H21N3OS/c1-13-5-6-15(11-14(13)2)16-7-8-17(20-19-16)23-12-18(22)21-9-3-4-10-21/h5-8,11H,3-4,9-10,12H2,1-2H3. The third kappa shape index (κ3) is 3.91. The molecule has 0 bridgehead atoms. The van der Waals surface area contributed by atoms with E-state index in [0.717, 1.165) is 42.2 Å². The number of aromatic nitrogens is 2. The van der Waals surface area contributed by atoms with Gasteiger partial charge in [-0.3, -0.25) is 4.79 Å². The molecular weight excluding hydrogens is 306 g/mol. The number of thioether (sulfide) groups is 1. The highest BCUT2D eigenvalue weighted by atomic mass is 32.2. The van der Waals surface area contributed by atoms with Crippen LogP contribution < -0.4 is 0 Å². The van der Waals surface area contributed by atoms with Crippen LogP contribution in [0.25, 0.3) is 11.3 Å². The van der Waals surface area contributed by atoms with Gasteiger partial charge in [0.05, 0.1) is 11.4 Å². The number of hydrogen-bond donors (Lipinski definition) is 0. The average molecular weight is 327 g/mol. The first-order valence-corrected chi connectivity index (χ1v) is 8.94. The van der Waals surface area contributed by atoms with Crippen molar-refractivity contribution in [3.8, 4) is 11.3 Å². The van der Waals surface area contributed by atoms with Gasteiger partial charge in [0, 0.05) is 18.7 Å². The van der Waals surface area contributed by atoms with E-state index in [1.54, 1.807) is 0 Å². The van der Waals surface area contributed by atoms with E-state index in [0.29, 0.717) is 5.75 Å². The molecule has 0 saturated carbocycles. The number of benzene rings is 1. The molecule has 120 valence electrons. The Bertz CT molecular complexity index is 694. The summed E-state index contributed by atoms with van der Waals surface area (Å²) in [5, 5.41) is 9.34. The minimum Gasteiger partial charge on any atom is -0.342 e. The predicted octanol–water partition coefficient (Wildman–Crippen LogP) is 3.47. The van der Waals surface area contributed by atoms with Crippen molar-refractivity contribution in [2.24, 2.45) is 0 Å². The number of carbonyl (C=O) groups excluding carboxylic acids is 1. The average Bonchev–Trinajstić information content (AvgIpc) is 3.10. The van der Waals surface area contributed by atoms with Crippen LogP contribution in [0.4, 0.5) is 0 Å². The van der Waals surface area contributed by atoms with E-state index >= 15 is 0 Å². The highest BCUT2D eigenvalue weighted by Crippen LogP contribution is 2.22. The van der Waals surface area contributed by atoms with Crippen LogP contribution in [0.2, 0.25) is 0 Å². The minimum atomic E-state index is 0.201. The van der Waals surface area contributed by atoms with Gasteiger partial charge in [0.25, 0.3) is 0 Å². The quantitative estimate of drug-likeness (QED) is 0.807. The molecule has 4 nitrogen and oxygen atoms in total. The molecular formula is C18H21N3OS. The number of carbonyl (C=O) groups is 1. The molecule has 0 atom stereocenters. The molecule has 0 N–H and O–H groups in total. The van der Waals surface area contributed by atoms with Crippen molar-refractivity contribution in [2.45, 2.75) is 31.7 Å². The van der Waals surface area contributed by atoms with Gasteiger partial charge in [0.2, 0.25) is 5.91 Å². The van der Waals surface area contributed by atoms with E-state index < -0.39 is 0 Å². The Hall–Kier alpha value is -1.88. The molecule has 1 saturated heterocycles. The third-order valence-electron chi connectivity index (χ3n) is 4.25. The minimum absolute atomic E-state index is 0.201. The lowest BCUT2D eigenvalue weighted by atomic mass is 10.0. The van der Waals surface area contributed by atoms with Gasteiger partial charge in [-0.1, -0.05) is 23.9 Å². The number of nitrogens with zero attached hydrogens (tertiary/aromatic N) is 3. The van der Waals surface area contributed by atoms with Crippen LogP contribution in [-0.4, -0.2) is 39.8 Å². The molecule has 1 fully saturated rings. The molecule has 0 radical (unpaired) electrons. The highest BCUT2D eigenvalue weighted by molar-refractivity contribution is 7.99. The summed E-state index contributed by atoms with van der Waals surface area (Å²) in [6.07, 6.45) is 2.25. The lowest BCUT2D eigenvalue weighted by molar-refractivity contribution is -0.127. The summed E-state index contributed by atoms with van der Waals surface area (Å²) in [5.41, 5.74) is 4.46. The Morgan fingerprint density at radius 1 is 1.09 bits per heavy atom. The number of rotatable bonds is 4. The first-order valence-electron chi connectivity index (χ1n) is 7.95. The Morgan fingerprint density at radius 3 is 2.52 bits per heavy atom. The summed E-state index contributed by atoms with van der Waals surface area (Å²) in [5.74, 6) is 0.644. The van der Waals surface area contributed by atoms with Gasteiger partial charge in [-0.25, -0.2) is 0 Å². The molecule has 3 rings (SSSR count). The summed E-state index contributed by atoms with van der Waals surface area (Å²) in [6, 6.07) is 10.2. The fraction of sp³-hybridized carbons (Fsp3) is 0.389. The van der Waals surface area contributed by atoms with Crippen molar-refractivity contribution < 1.29 is 4.79 Å². The van der Waals surface area contributed by atoms with Crippen molar-refractivity contribution in [3.63, 3.8) is 0 Å². The fourth-order valence-electron chi connectivity index (χ4n) is 2.65. The topological polar surface area (TPSA) is 46.1 Å². The maximum atomic E-state index is 12.0. The van der Waals surface area contributed by atoms with Gasteiger partial charge in [-0.05, 0) is 56.0 Å². The zero-order valence-corrected chi connectivity index (χ0v) is 14.4. The maximum Gasteiger partial charge on any atom is 0.232 e. The number of likely N-dealkylation sites (tertiary alicyclic amines) is 1. The summed E-state index contributed by atoms with van der Waals surface area (Å²) in [7, 11) is 0. The van der Waals surface area contributed by atoms with Crippen LogP contribution in [0.3, 0.4) is 0 Å². The van der Waals surface area contributed by atoms with Crippen LogP contribution in [-0.2, 0) is 4.79 Å². The molecule has 5 heteroatoms. The van der Waals surface area contributed by atoms with Gasteiger partial charge in [-0.15, -0.1) is 10.2 Å². The normalized spacial score (nSPS) is 14.3. The lowest BCUT2D eigenvalue weighted by Gasteiger charge is -2.14. The first-order chi connectivity index (χ1) is 11.1. The Labute approximate surface area is 141 Å². The zero-order chi connectivity index (χ0) is 16.2. The van der Waals surface area contributed by atoms with Gasteiger partial charge < -0.3 is 4.90 Å². The largest absolute Gasteiger partial charge is 0.342 e. The molecule has 23 heavy (non-hydrogen) atoms. The molecule has 1 aromatic carbocycles. The summed E-state index contributed by atoms with van der Waals surface area (Å²) < 4.78 is 0. The Kier molecular flexibility index (Phi) is 4.96. The predicted molar refractivity (Wildman–Crippen MR) is 93.5 cm³/mol. The molecule has 1 amide bonds. The van der Waals surface area contributed by atoms with Crippen LogP contribution >= 0.6 is 11.8 Å². The maximum absolute atomic E-state index is 12.0.